The zero-order valence-electron chi connectivity index (χ0n) is 13.0. The number of carbonyl (C=O) groups is 1. The minimum absolute atomic E-state index is 0.0225. The second-order valence-corrected chi connectivity index (χ2v) is 6.61. The van der Waals surface area contributed by atoms with Crippen LogP contribution in [0.15, 0.2) is 24.3 Å². The summed E-state index contributed by atoms with van der Waals surface area (Å²) >= 11 is 6.00. The van der Waals surface area contributed by atoms with Crippen molar-refractivity contribution in [2.45, 2.75) is 45.1 Å². The third-order valence-electron chi connectivity index (χ3n) is 4.42. The first kappa shape index (κ1) is 17.1. The molecule has 0 bridgehead atoms. The van der Waals surface area contributed by atoms with Crippen molar-refractivity contribution >= 4 is 17.5 Å². The fraction of sp³-hybridized carbons (Fsp3) is 0.588. The van der Waals surface area contributed by atoms with Gasteiger partial charge in [-0.15, -0.1) is 0 Å². The molecule has 1 aliphatic carbocycles. The summed E-state index contributed by atoms with van der Waals surface area (Å²) in [6.45, 7) is 2.61. The van der Waals surface area contributed by atoms with Crippen molar-refractivity contribution in [3.8, 4) is 5.75 Å². The Morgan fingerprint density at radius 2 is 2.27 bits per heavy atom. The van der Waals surface area contributed by atoms with E-state index in [9.17, 15) is 9.90 Å². The van der Waals surface area contributed by atoms with Crippen molar-refractivity contribution in [3.63, 3.8) is 0 Å². The Morgan fingerprint density at radius 3 is 3.00 bits per heavy atom. The number of rotatable bonds is 7. The SMILES string of the molecule is CC1(CO)CCCC1NC(=O)CCCOc1ccccc1Cl. The first-order valence-corrected chi connectivity index (χ1v) is 8.20. The van der Waals surface area contributed by atoms with Crippen LogP contribution in [0.25, 0.3) is 0 Å². The molecule has 4 nitrogen and oxygen atoms in total. The van der Waals surface area contributed by atoms with Gasteiger partial charge in [-0.2, -0.15) is 0 Å². The summed E-state index contributed by atoms with van der Waals surface area (Å²) < 4.78 is 5.57. The smallest absolute Gasteiger partial charge is 0.220 e. The molecule has 0 aromatic heterocycles. The number of hydrogen-bond donors (Lipinski definition) is 2. The molecule has 2 N–H and O–H groups in total. The predicted molar refractivity (Wildman–Crippen MR) is 87.2 cm³/mol. The molecule has 2 atom stereocenters. The highest BCUT2D eigenvalue weighted by molar-refractivity contribution is 6.32. The maximum absolute atomic E-state index is 12.0. The molecule has 1 aliphatic rings. The van der Waals surface area contributed by atoms with Gasteiger partial charge in [0, 0.05) is 17.9 Å². The van der Waals surface area contributed by atoms with Gasteiger partial charge in [0.25, 0.3) is 0 Å². The summed E-state index contributed by atoms with van der Waals surface area (Å²) in [5, 5.41) is 13.1. The second-order valence-electron chi connectivity index (χ2n) is 6.21. The van der Waals surface area contributed by atoms with E-state index in [2.05, 4.69) is 5.32 Å². The number of aliphatic hydroxyl groups excluding tert-OH is 1. The van der Waals surface area contributed by atoms with E-state index in [1.165, 1.54) is 0 Å². The van der Waals surface area contributed by atoms with Crippen LogP contribution in [0.5, 0.6) is 5.75 Å². The summed E-state index contributed by atoms with van der Waals surface area (Å²) in [6.07, 6.45) is 4.02. The zero-order chi connectivity index (χ0) is 16.0. The number of para-hydroxylation sites is 1. The summed E-state index contributed by atoms with van der Waals surface area (Å²) in [5.74, 6) is 0.669. The van der Waals surface area contributed by atoms with Crippen molar-refractivity contribution in [2.24, 2.45) is 5.41 Å². The van der Waals surface area contributed by atoms with Gasteiger partial charge in [0.15, 0.2) is 0 Å². The largest absolute Gasteiger partial charge is 0.492 e. The molecular weight excluding hydrogens is 302 g/mol. The standard InChI is InChI=1S/C17H24ClNO3/c1-17(12-20)10-4-8-15(17)19-16(21)9-5-11-22-14-7-3-2-6-13(14)18/h2-3,6-7,15,20H,4-5,8-12H2,1H3,(H,19,21). The number of carbonyl (C=O) groups excluding carboxylic acids is 1. The molecule has 0 spiro atoms. The van der Waals surface area contributed by atoms with Gasteiger partial charge >= 0.3 is 0 Å². The van der Waals surface area contributed by atoms with Gasteiger partial charge in [-0.3, -0.25) is 4.79 Å². The molecule has 0 aliphatic heterocycles. The van der Waals surface area contributed by atoms with Crippen LogP contribution >= 0.6 is 11.6 Å². The molecule has 0 heterocycles. The van der Waals surface area contributed by atoms with Crippen LogP contribution in [0.3, 0.4) is 0 Å². The number of hydrogen-bond acceptors (Lipinski definition) is 3. The van der Waals surface area contributed by atoms with E-state index in [-0.39, 0.29) is 24.0 Å². The Balaban J connectivity index is 1.69. The maximum atomic E-state index is 12.0. The molecule has 1 saturated carbocycles. The maximum Gasteiger partial charge on any atom is 0.220 e. The normalized spacial score (nSPS) is 24.2. The molecule has 122 valence electrons. The lowest BCUT2D eigenvalue weighted by Gasteiger charge is -2.30. The van der Waals surface area contributed by atoms with Gasteiger partial charge in [-0.1, -0.05) is 37.1 Å². The van der Waals surface area contributed by atoms with E-state index in [1.807, 2.05) is 25.1 Å². The molecular formula is C17H24ClNO3. The van der Waals surface area contributed by atoms with Gasteiger partial charge in [0.1, 0.15) is 5.75 Å². The van der Waals surface area contributed by atoms with Crippen molar-refractivity contribution in [2.75, 3.05) is 13.2 Å². The number of aliphatic hydroxyl groups is 1. The number of halogens is 1. The molecule has 1 amide bonds. The lowest BCUT2D eigenvalue weighted by molar-refractivity contribution is -0.122. The molecule has 1 aromatic rings. The number of ether oxygens (including phenoxy) is 1. The van der Waals surface area contributed by atoms with Crippen LogP contribution < -0.4 is 10.1 Å². The Labute approximate surface area is 136 Å². The van der Waals surface area contributed by atoms with Crippen molar-refractivity contribution in [1.82, 2.24) is 5.32 Å². The Morgan fingerprint density at radius 1 is 1.50 bits per heavy atom. The van der Waals surface area contributed by atoms with Gasteiger partial charge in [0.05, 0.1) is 18.2 Å². The van der Waals surface area contributed by atoms with Crippen molar-refractivity contribution < 1.29 is 14.6 Å². The highest BCUT2D eigenvalue weighted by Crippen LogP contribution is 2.37. The van der Waals surface area contributed by atoms with Crippen molar-refractivity contribution in [1.29, 1.82) is 0 Å². The fourth-order valence-corrected chi connectivity index (χ4v) is 3.10. The van der Waals surface area contributed by atoms with E-state index in [4.69, 9.17) is 16.3 Å². The monoisotopic (exact) mass is 325 g/mol. The predicted octanol–water partition coefficient (Wildman–Crippen LogP) is 3.17. The minimum Gasteiger partial charge on any atom is -0.492 e. The highest BCUT2D eigenvalue weighted by Gasteiger charge is 2.38. The molecule has 5 heteroatoms. The molecule has 2 unspecified atom stereocenters. The Hall–Kier alpha value is -1.26. The van der Waals surface area contributed by atoms with E-state index < -0.39 is 0 Å². The summed E-state index contributed by atoms with van der Waals surface area (Å²) in [5.41, 5.74) is -0.177. The van der Waals surface area contributed by atoms with Gasteiger partial charge in [-0.25, -0.2) is 0 Å². The molecule has 0 radical (unpaired) electrons. The van der Waals surface area contributed by atoms with Gasteiger partial charge in [0.2, 0.25) is 5.91 Å². The van der Waals surface area contributed by atoms with Gasteiger partial charge in [-0.05, 0) is 31.4 Å². The molecule has 22 heavy (non-hydrogen) atoms. The fourth-order valence-electron chi connectivity index (χ4n) is 2.91. The first-order valence-electron chi connectivity index (χ1n) is 7.83. The number of nitrogens with one attached hydrogen (secondary N) is 1. The van der Waals surface area contributed by atoms with Crippen LogP contribution in [-0.2, 0) is 4.79 Å². The molecule has 1 aromatic carbocycles. The first-order chi connectivity index (χ1) is 10.5. The van der Waals surface area contributed by atoms with Gasteiger partial charge < -0.3 is 15.2 Å². The minimum atomic E-state index is -0.177. The van der Waals surface area contributed by atoms with E-state index in [1.54, 1.807) is 6.07 Å². The summed E-state index contributed by atoms with van der Waals surface area (Å²) in [4.78, 5) is 12.0. The number of amides is 1. The average Bonchev–Trinajstić information content (AvgIpc) is 2.87. The van der Waals surface area contributed by atoms with Crippen LogP contribution in [0.2, 0.25) is 5.02 Å². The van der Waals surface area contributed by atoms with Crippen LogP contribution in [-0.4, -0.2) is 30.3 Å². The summed E-state index contributed by atoms with van der Waals surface area (Å²) in [7, 11) is 0. The third-order valence-corrected chi connectivity index (χ3v) is 4.73. The Kier molecular flexibility index (Phi) is 6.09. The van der Waals surface area contributed by atoms with E-state index >= 15 is 0 Å². The van der Waals surface area contributed by atoms with Crippen LogP contribution in [0, 0.1) is 5.41 Å². The van der Waals surface area contributed by atoms with E-state index in [0.29, 0.717) is 30.2 Å². The quantitative estimate of drug-likeness (QED) is 0.757. The second kappa shape index (κ2) is 7.84. The Bertz CT molecular complexity index is 508. The topological polar surface area (TPSA) is 58.6 Å². The lowest BCUT2D eigenvalue weighted by atomic mass is 9.86. The van der Waals surface area contributed by atoms with E-state index in [0.717, 1.165) is 19.3 Å². The summed E-state index contributed by atoms with van der Waals surface area (Å²) in [6, 6.07) is 7.38. The molecule has 2 rings (SSSR count). The van der Waals surface area contributed by atoms with Crippen molar-refractivity contribution in [3.05, 3.63) is 29.3 Å². The van der Waals surface area contributed by atoms with Crippen LogP contribution in [0.4, 0.5) is 0 Å². The average molecular weight is 326 g/mol. The third kappa shape index (κ3) is 4.37. The zero-order valence-corrected chi connectivity index (χ0v) is 13.7. The highest BCUT2D eigenvalue weighted by atomic mass is 35.5. The van der Waals surface area contributed by atoms with Crippen LogP contribution in [0.1, 0.15) is 39.0 Å². The molecule has 0 saturated heterocycles. The molecule has 1 fully saturated rings. The lowest BCUT2D eigenvalue weighted by Crippen LogP contribution is -2.44. The number of benzene rings is 1.